The number of hydrogen-bond acceptors (Lipinski definition) is 4. The molecule has 1 saturated heterocycles. The lowest BCUT2D eigenvalue weighted by Crippen LogP contribution is -2.46. The van der Waals surface area contributed by atoms with E-state index in [1.807, 2.05) is 29.2 Å². The van der Waals surface area contributed by atoms with Crippen LogP contribution in [0.15, 0.2) is 24.3 Å². The summed E-state index contributed by atoms with van der Waals surface area (Å²) in [6, 6.07) is 8.11. The Labute approximate surface area is 148 Å². The highest BCUT2D eigenvalue weighted by molar-refractivity contribution is 5.95. The second kappa shape index (κ2) is 7.54. The summed E-state index contributed by atoms with van der Waals surface area (Å²) in [5, 5.41) is 2.99. The molecule has 1 aliphatic carbocycles. The molecule has 1 heterocycles. The highest BCUT2D eigenvalue weighted by atomic mass is 16.5. The van der Waals surface area contributed by atoms with Gasteiger partial charge in [-0.1, -0.05) is 12.1 Å². The lowest BCUT2D eigenvalue weighted by Gasteiger charge is -2.34. The fourth-order valence-corrected chi connectivity index (χ4v) is 3.32. The highest BCUT2D eigenvalue weighted by Gasteiger charge is 2.38. The van der Waals surface area contributed by atoms with Crippen LogP contribution in [0.2, 0.25) is 0 Å². The van der Waals surface area contributed by atoms with Gasteiger partial charge < -0.3 is 20.7 Å². The predicted molar refractivity (Wildman–Crippen MR) is 95.9 cm³/mol. The van der Waals surface area contributed by atoms with Gasteiger partial charge in [0.25, 0.3) is 0 Å². The van der Waals surface area contributed by atoms with Gasteiger partial charge in [0.2, 0.25) is 11.8 Å². The fraction of sp³-hybridized carbons (Fsp3) is 0.579. The standard InChI is InChI=1S/C19H27N3O3/c1-14(23)22(17-6-7-17)12-15-2-4-16(5-3-15)21-18(24)19(13-20)8-10-25-11-9-19/h2-5,17H,6-13,20H2,1H3,(H,21,24). The van der Waals surface area contributed by atoms with Gasteiger partial charge in [0.15, 0.2) is 0 Å². The van der Waals surface area contributed by atoms with Crippen molar-refractivity contribution in [1.82, 2.24) is 4.90 Å². The Morgan fingerprint density at radius 2 is 1.88 bits per heavy atom. The van der Waals surface area contributed by atoms with Crippen molar-refractivity contribution in [2.75, 3.05) is 25.1 Å². The molecule has 1 aliphatic heterocycles. The number of rotatable bonds is 6. The van der Waals surface area contributed by atoms with Crippen molar-refractivity contribution >= 4 is 17.5 Å². The number of ether oxygens (including phenoxy) is 1. The summed E-state index contributed by atoms with van der Waals surface area (Å²) >= 11 is 0. The minimum atomic E-state index is -0.533. The molecule has 0 atom stereocenters. The average Bonchev–Trinajstić information content (AvgIpc) is 3.46. The number of nitrogens with one attached hydrogen (secondary N) is 1. The molecule has 1 aromatic rings. The molecule has 6 nitrogen and oxygen atoms in total. The predicted octanol–water partition coefficient (Wildman–Crippen LogP) is 1.89. The van der Waals surface area contributed by atoms with Crippen LogP contribution in [0.5, 0.6) is 0 Å². The highest BCUT2D eigenvalue weighted by Crippen LogP contribution is 2.31. The Balaban J connectivity index is 1.62. The van der Waals surface area contributed by atoms with Crippen LogP contribution < -0.4 is 11.1 Å². The zero-order chi connectivity index (χ0) is 17.9. The monoisotopic (exact) mass is 345 g/mol. The number of nitrogens with two attached hydrogens (primary N) is 1. The Morgan fingerprint density at radius 3 is 2.40 bits per heavy atom. The first kappa shape index (κ1) is 17.9. The fourth-order valence-electron chi connectivity index (χ4n) is 3.32. The van der Waals surface area contributed by atoms with Gasteiger partial charge in [-0.2, -0.15) is 0 Å². The van der Waals surface area contributed by atoms with E-state index < -0.39 is 5.41 Å². The third-order valence-corrected chi connectivity index (χ3v) is 5.28. The molecule has 6 heteroatoms. The first-order valence-electron chi connectivity index (χ1n) is 8.99. The number of carbonyl (C=O) groups is 2. The van der Waals surface area contributed by atoms with E-state index in [9.17, 15) is 9.59 Å². The molecule has 3 rings (SSSR count). The largest absolute Gasteiger partial charge is 0.381 e. The molecule has 2 fully saturated rings. The van der Waals surface area contributed by atoms with Crippen molar-refractivity contribution in [3.05, 3.63) is 29.8 Å². The average molecular weight is 345 g/mol. The molecule has 0 aromatic heterocycles. The topological polar surface area (TPSA) is 84.7 Å². The first-order chi connectivity index (χ1) is 12.0. The van der Waals surface area contributed by atoms with Gasteiger partial charge in [-0.05, 0) is 43.4 Å². The Hall–Kier alpha value is -1.92. The van der Waals surface area contributed by atoms with E-state index in [-0.39, 0.29) is 11.8 Å². The normalized spacial score (nSPS) is 19.3. The van der Waals surface area contributed by atoms with E-state index in [2.05, 4.69) is 5.32 Å². The second-order valence-corrected chi connectivity index (χ2v) is 7.13. The van der Waals surface area contributed by atoms with Crippen LogP contribution in [0.3, 0.4) is 0 Å². The second-order valence-electron chi connectivity index (χ2n) is 7.13. The van der Waals surface area contributed by atoms with Crippen LogP contribution in [0.25, 0.3) is 0 Å². The van der Waals surface area contributed by atoms with Gasteiger partial charge in [0, 0.05) is 45.0 Å². The van der Waals surface area contributed by atoms with Crippen LogP contribution in [0.4, 0.5) is 5.69 Å². The van der Waals surface area contributed by atoms with Gasteiger partial charge in [-0.3, -0.25) is 9.59 Å². The maximum atomic E-state index is 12.7. The van der Waals surface area contributed by atoms with Gasteiger partial charge in [0.05, 0.1) is 5.41 Å². The number of benzene rings is 1. The maximum Gasteiger partial charge on any atom is 0.232 e. The summed E-state index contributed by atoms with van der Waals surface area (Å²) in [5.74, 6) is 0.0821. The molecule has 3 N–H and O–H groups in total. The third kappa shape index (κ3) is 4.19. The molecule has 1 aromatic carbocycles. The van der Waals surface area contributed by atoms with Gasteiger partial charge in [0.1, 0.15) is 0 Å². The zero-order valence-electron chi connectivity index (χ0n) is 14.8. The zero-order valence-corrected chi connectivity index (χ0v) is 14.8. The van der Waals surface area contributed by atoms with Gasteiger partial charge >= 0.3 is 0 Å². The van der Waals surface area contributed by atoms with Crippen molar-refractivity contribution in [3.8, 4) is 0 Å². The molecule has 0 radical (unpaired) electrons. The Morgan fingerprint density at radius 1 is 1.24 bits per heavy atom. The van der Waals surface area contributed by atoms with Crippen molar-refractivity contribution in [2.24, 2.45) is 11.1 Å². The quantitative estimate of drug-likeness (QED) is 0.824. The smallest absolute Gasteiger partial charge is 0.232 e. The first-order valence-corrected chi connectivity index (χ1v) is 8.99. The molecule has 0 spiro atoms. The number of nitrogens with zero attached hydrogens (tertiary/aromatic N) is 1. The summed E-state index contributed by atoms with van der Waals surface area (Å²) in [4.78, 5) is 26.3. The SMILES string of the molecule is CC(=O)N(Cc1ccc(NC(=O)C2(CN)CCOCC2)cc1)C1CC1. The van der Waals surface area contributed by atoms with Crippen molar-refractivity contribution in [2.45, 2.75) is 45.2 Å². The molecule has 0 bridgehead atoms. The molecule has 2 aliphatic rings. The van der Waals surface area contributed by atoms with Crippen molar-refractivity contribution < 1.29 is 14.3 Å². The lowest BCUT2D eigenvalue weighted by molar-refractivity contribution is -0.130. The minimum absolute atomic E-state index is 0.0330. The summed E-state index contributed by atoms with van der Waals surface area (Å²) in [7, 11) is 0. The molecule has 2 amide bonds. The van der Waals surface area contributed by atoms with Crippen LogP contribution in [-0.2, 0) is 20.9 Å². The summed E-state index contributed by atoms with van der Waals surface area (Å²) < 4.78 is 5.36. The molecule has 136 valence electrons. The number of amides is 2. The molecule has 1 saturated carbocycles. The third-order valence-electron chi connectivity index (χ3n) is 5.28. The summed E-state index contributed by atoms with van der Waals surface area (Å²) in [6.45, 7) is 3.72. The summed E-state index contributed by atoms with van der Waals surface area (Å²) in [6.07, 6.45) is 3.50. The van der Waals surface area contributed by atoms with Crippen molar-refractivity contribution in [1.29, 1.82) is 0 Å². The van der Waals surface area contributed by atoms with Crippen LogP contribution >= 0.6 is 0 Å². The van der Waals surface area contributed by atoms with E-state index in [0.29, 0.717) is 45.2 Å². The van der Waals surface area contributed by atoms with E-state index in [1.165, 1.54) is 0 Å². The summed E-state index contributed by atoms with van der Waals surface area (Å²) in [5.41, 5.74) is 7.17. The Kier molecular flexibility index (Phi) is 5.39. The van der Waals surface area contributed by atoms with Gasteiger partial charge in [-0.25, -0.2) is 0 Å². The molecular weight excluding hydrogens is 318 g/mol. The van der Waals surface area contributed by atoms with E-state index >= 15 is 0 Å². The number of anilines is 1. The lowest BCUT2D eigenvalue weighted by atomic mass is 9.79. The Bertz CT molecular complexity index is 619. The minimum Gasteiger partial charge on any atom is -0.381 e. The van der Waals surface area contributed by atoms with E-state index in [1.54, 1.807) is 6.92 Å². The number of carbonyl (C=O) groups excluding carboxylic acids is 2. The maximum absolute atomic E-state index is 12.7. The van der Waals surface area contributed by atoms with E-state index in [4.69, 9.17) is 10.5 Å². The van der Waals surface area contributed by atoms with Crippen molar-refractivity contribution in [3.63, 3.8) is 0 Å². The number of hydrogen-bond donors (Lipinski definition) is 2. The van der Waals surface area contributed by atoms with E-state index in [0.717, 1.165) is 24.1 Å². The van der Waals surface area contributed by atoms with Crippen LogP contribution in [0.1, 0.15) is 38.2 Å². The van der Waals surface area contributed by atoms with Gasteiger partial charge in [-0.15, -0.1) is 0 Å². The van der Waals surface area contributed by atoms with Crippen LogP contribution in [-0.4, -0.2) is 42.5 Å². The molecule has 25 heavy (non-hydrogen) atoms. The molecular formula is C19H27N3O3. The molecule has 0 unspecified atom stereocenters. The van der Waals surface area contributed by atoms with Crippen LogP contribution in [0, 0.1) is 5.41 Å².